The first-order valence-electron chi connectivity index (χ1n) is 13.0. The zero-order valence-electron chi connectivity index (χ0n) is 22.7. The molecule has 0 radical (unpaired) electrons. The highest BCUT2D eigenvalue weighted by Gasteiger charge is 2.23. The molecule has 0 fully saturated rings. The molecule has 0 N–H and O–H groups in total. The van der Waals surface area contributed by atoms with E-state index < -0.39 is 10.2 Å². The minimum Gasteiger partial charge on any atom is -0.222 e. The maximum atomic E-state index is 8.49. The first-order valence-corrected chi connectivity index (χ1v) is 14.3. The first-order chi connectivity index (χ1) is 19.7. The maximum Gasteiger partial charge on any atom is 0.214 e. The highest BCUT2D eigenvalue weighted by Crippen LogP contribution is 2.42. The molecule has 0 atom stereocenters. The molecule has 204 valence electrons. The summed E-state index contributed by atoms with van der Waals surface area (Å²) in [6.45, 7) is 2.14. The fourth-order valence-corrected chi connectivity index (χ4v) is 5.12. The van der Waals surface area contributed by atoms with E-state index in [1.807, 2.05) is 0 Å². The van der Waals surface area contributed by atoms with Gasteiger partial charge in [-0.1, -0.05) is 103 Å². The number of benzene rings is 5. The molecule has 0 bridgehead atoms. The molecule has 0 spiro atoms. The summed E-state index contributed by atoms with van der Waals surface area (Å²) in [7, 11) is -2.77. The van der Waals surface area contributed by atoms with Crippen LogP contribution < -0.4 is 23.2 Å². The molecule has 6 aromatic rings. The molecule has 5 nitrogen and oxygen atoms in total. The van der Waals surface area contributed by atoms with E-state index in [-0.39, 0.29) is 0 Å². The van der Waals surface area contributed by atoms with Crippen LogP contribution in [0.5, 0.6) is 0 Å². The SMILES string of the molecule is Cc1ccc(-c2cc(-c3ccccc3)c(-c3ccc4ccccc4[n+]3C)c(-c3ccccc3)c2)cc1.[O-][Cl+3]([O-])([O-])[O-]. The molecule has 6 rings (SSSR count). The van der Waals surface area contributed by atoms with Crippen LogP contribution in [0.4, 0.5) is 0 Å². The number of hydrogen-bond donors (Lipinski definition) is 0. The van der Waals surface area contributed by atoms with Gasteiger partial charge in [-0.3, -0.25) is 0 Å². The molecule has 6 heteroatoms. The van der Waals surface area contributed by atoms with Gasteiger partial charge in [0.25, 0.3) is 0 Å². The van der Waals surface area contributed by atoms with Crippen LogP contribution in [0.1, 0.15) is 5.56 Å². The largest absolute Gasteiger partial charge is 0.222 e. The van der Waals surface area contributed by atoms with E-state index in [0.29, 0.717) is 0 Å². The second kappa shape index (κ2) is 12.0. The van der Waals surface area contributed by atoms with Gasteiger partial charge in [0.1, 0.15) is 7.05 Å². The number of para-hydroxylation sites is 1. The molecule has 0 aliphatic carbocycles. The molecule has 0 unspecified atom stereocenters. The summed E-state index contributed by atoms with van der Waals surface area (Å²) in [5.41, 5.74) is 12.3. The van der Waals surface area contributed by atoms with Crippen LogP contribution in [0.3, 0.4) is 0 Å². The standard InChI is InChI=1S/C35H28N.ClHO4/c1-25-17-19-26(20-18-25)30-23-31(27-11-5-3-6-12-27)35(32(24-30)28-13-7-4-8-14-28)34-22-21-29-15-9-10-16-33(29)36(34)2;2-1(3,4)5/h3-24H,1-2H3;(H,2,3,4,5)/q+1;/p-1. The Morgan fingerprint density at radius 3 is 1.54 bits per heavy atom. The second-order valence-electron chi connectivity index (χ2n) is 9.76. The number of aromatic nitrogens is 1. The number of aryl methyl sites for hydroxylation is 2. The maximum absolute atomic E-state index is 8.49. The molecular formula is C35H28ClNO4. The number of hydrogen-bond acceptors (Lipinski definition) is 4. The van der Waals surface area contributed by atoms with Crippen LogP contribution in [0.2, 0.25) is 0 Å². The van der Waals surface area contributed by atoms with E-state index in [1.165, 1.54) is 61.1 Å². The van der Waals surface area contributed by atoms with Gasteiger partial charge in [0.2, 0.25) is 11.2 Å². The van der Waals surface area contributed by atoms with Crippen molar-refractivity contribution in [3.8, 4) is 44.6 Å². The van der Waals surface area contributed by atoms with Gasteiger partial charge in [0.15, 0.2) is 0 Å². The van der Waals surface area contributed by atoms with E-state index in [1.54, 1.807) is 0 Å². The Hall–Kier alpha value is -4.36. The van der Waals surface area contributed by atoms with E-state index in [4.69, 9.17) is 18.6 Å². The lowest BCUT2D eigenvalue weighted by Crippen LogP contribution is -2.68. The van der Waals surface area contributed by atoms with Gasteiger partial charge >= 0.3 is 0 Å². The Kier molecular flexibility index (Phi) is 8.26. The quantitative estimate of drug-likeness (QED) is 0.305. The Morgan fingerprint density at radius 1 is 0.512 bits per heavy atom. The van der Waals surface area contributed by atoms with Gasteiger partial charge in [0.05, 0.1) is 5.56 Å². The van der Waals surface area contributed by atoms with Gasteiger partial charge in [-0.15, -0.1) is 10.2 Å². The molecule has 0 amide bonds. The van der Waals surface area contributed by atoms with Gasteiger partial charge in [-0.05, 0) is 64.6 Å². The lowest BCUT2D eigenvalue weighted by molar-refractivity contribution is -2.00. The van der Waals surface area contributed by atoms with Crippen molar-refractivity contribution in [1.29, 1.82) is 0 Å². The number of rotatable bonds is 4. The van der Waals surface area contributed by atoms with E-state index >= 15 is 0 Å². The first kappa shape index (κ1) is 28.2. The second-order valence-corrected chi connectivity index (χ2v) is 10.5. The van der Waals surface area contributed by atoms with E-state index in [9.17, 15) is 0 Å². The summed E-state index contributed by atoms with van der Waals surface area (Å²) in [6, 6.07) is 48.2. The third-order valence-electron chi connectivity index (χ3n) is 7.03. The number of halogens is 1. The Morgan fingerprint density at radius 2 is 1.00 bits per heavy atom. The van der Waals surface area contributed by atoms with Crippen LogP contribution in [0, 0.1) is 17.2 Å². The van der Waals surface area contributed by atoms with Crippen LogP contribution in [-0.4, -0.2) is 0 Å². The summed E-state index contributed by atoms with van der Waals surface area (Å²) < 4.78 is 36.3. The highest BCUT2D eigenvalue weighted by atomic mass is 35.7. The average Bonchev–Trinajstić information content (AvgIpc) is 2.97. The Bertz CT molecular complexity index is 1720. The lowest BCUT2D eigenvalue weighted by Gasteiger charge is -2.18. The van der Waals surface area contributed by atoms with E-state index in [0.717, 1.165) is 0 Å². The fraction of sp³-hybridized carbons (Fsp3) is 0.0571. The molecule has 5 aromatic carbocycles. The van der Waals surface area contributed by atoms with E-state index in [2.05, 4.69) is 152 Å². The molecule has 0 saturated carbocycles. The Labute approximate surface area is 241 Å². The zero-order valence-corrected chi connectivity index (χ0v) is 23.4. The minimum absolute atomic E-state index is 1.20. The molecule has 0 saturated heterocycles. The molecule has 41 heavy (non-hydrogen) atoms. The molecular weight excluding hydrogens is 534 g/mol. The monoisotopic (exact) mass is 561 g/mol. The summed E-state index contributed by atoms with van der Waals surface area (Å²) in [5, 5.41) is 1.24. The highest BCUT2D eigenvalue weighted by molar-refractivity contribution is 5.96. The van der Waals surface area contributed by atoms with Crippen LogP contribution >= 0.6 is 0 Å². The molecule has 0 aliphatic heterocycles. The van der Waals surface area contributed by atoms with Crippen molar-refractivity contribution < 1.29 is 33.4 Å². The third-order valence-corrected chi connectivity index (χ3v) is 7.03. The lowest BCUT2D eigenvalue weighted by atomic mass is 9.86. The predicted molar refractivity (Wildman–Crippen MR) is 152 cm³/mol. The fourth-order valence-electron chi connectivity index (χ4n) is 5.12. The number of pyridine rings is 1. The van der Waals surface area contributed by atoms with Crippen molar-refractivity contribution in [3.63, 3.8) is 0 Å². The van der Waals surface area contributed by atoms with Crippen molar-refractivity contribution in [2.45, 2.75) is 6.92 Å². The predicted octanol–water partition coefficient (Wildman–Crippen LogP) is 3.88. The van der Waals surface area contributed by atoms with Crippen LogP contribution in [0.15, 0.2) is 133 Å². The Balaban J connectivity index is 0.000000623. The van der Waals surface area contributed by atoms with Crippen molar-refractivity contribution in [1.82, 2.24) is 0 Å². The zero-order chi connectivity index (χ0) is 29.0. The summed E-state index contributed by atoms with van der Waals surface area (Å²) in [5.74, 6) is 0. The van der Waals surface area contributed by atoms with Crippen LogP contribution in [0.25, 0.3) is 55.5 Å². The normalized spacial score (nSPS) is 11.2. The summed E-state index contributed by atoms with van der Waals surface area (Å²) in [4.78, 5) is 0. The van der Waals surface area contributed by atoms with Crippen molar-refractivity contribution in [3.05, 3.63) is 139 Å². The van der Waals surface area contributed by atoms with Crippen molar-refractivity contribution in [2.24, 2.45) is 7.05 Å². The minimum atomic E-state index is -4.94. The van der Waals surface area contributed by atoms with Gasteiger partial charge in [-0.2, -0.15) is 4.57 Å². The van der Waals surface area contributed by atoms with Crippen molar-refractivity contribution in [2.75, 3.05) is 0 Å². The summed E-state index contributed by atoms with van der Waals surface area (Å²) in [6.07, 6.45) is 0. The third kappa shape index (κ3) is 6.69. The molecule has 1 heterocycles. The van der Waals surface area contributed by atoms with Gasteiger partial charge in [0, 0.05) is 17.5 Å². The van der Waals surface area contributed by atoms with Crippen molar-refractivity contribution >= 4 is 10.9 Å². The number of nitrogens with zero attached hydrogens (tertiary/aromatic N) is 1. The molecule has 1 aromatic heterocycles. The van der Waals surface area contributed by atoms with Gasteiger partial charge < -0.3 is 0 Å². The van der Waals surface area contributed by atoms with Crippen LogP contribution in [-0.2, 0) is 7.05 Å². The topological polar surface area (TPSA) is 96.1 Å². The smallest absolute Gasteiger partial charge is 0.214 e. The number of fused-ring (bicyclic) bond motifs is 1. The summed E-state index contributed by atoms with van der Waals surface area (Å²) >= 11 is 0. The molecule has 0 aliphatic rings. The average molecular weight is 562 g/mol. The van der Waals surface area contributed by atoms with Gasteiger partial charge in [-0.25, -0.2) is 18.6 Å².